The molecule has 0 radical (unpaired) electrons. The van der Waals surface area contributed by atoms with Crippen LogP contribution >= 0.6 is 0 Å². The van der Waals surface area contributed by atoms with E-state index in [0.29, 0.717) is 13.0 Å². The number of carbonyl (C=O) groups is 5. The molecule has 8 N–H and O–H groups in total. The summed E-state index contributed by atoms with van der Waals surface area (Å²) in [7, 11) is 0. The van der Waals surface area contributed by atoms with E-state index < -0.39 is 47.9 Å². The van der Waals surface area contributed by atoms with Gasteiger partial charge in [-0.1, -0.05) is 0 Å². The van der Waals surface area contributed by atoms with Gasteiger partial charge >= 0.3 is 5.97 Å². The Kier molecular flexibility index (Phi) is 9.48. The molecule has 1 aliphatic rings. The monoisotopic (exact) mass is 415 g/mol. The Labute approximate surface area is 168 Å². The van der Waals surface area contributed by atoms with Crippen molar-refractivity contribution < 1.29 is 34.2 Å². The van der Waals surface area contributed by atoms with E-state index in [9.17, 15) is 29.1 Å². The maximum atomic E-state index is 12.4. The average Bonchev–Trinajstić information content (AvgIpc) is 3.16. The maximum Gasteiger partial charge on any atom is 0.326 e. The second-order valence-electron chi connectivity index (χ2n) is 7.01. The zero-order valence-electron chi connectivity index (χ0n) is 16.4. The molecule has 0 saturated carbocycles. The van der Waals surface area contributed by atoms with E-state index in [1.165, 1.54) is 13.8 Å². The molecule has 1 aliphatic heterocycles. The summed E-state index contributed by atoms with van der Waals surface area (Å²) < 4.78 is 0. The first-order valence-corrected chi connectivity index (χ1v) is 9.36. The van der Waals surface area contributed by atoms with Gasteiger partial charge in [-0.25, -0.2) is 4.79 Å². The van der Waals surface area contributed by atoms with Crippen LogP contribution in [0, 0.1) is 0 Å². The number of carboxylic acids is 1. The van der Waals surface area contributed by atoms with Gasteiger partial charge in [0.25, 0.3) is 0 Å². The van der Waals surface area contributed by atoms with Crippen molar-refractivity contribution in [3.8, 4) is 0 Å². The van der Waals surface area contributed by atoms with Gasteiger partial charge < -0.3 is 37.2 Å². The molecule has 0 aromatic rings. The largest absolute Gasteiger partial charge is 0.480 e. The Balaban J connectivity index is 2.68. The lowest BCUT2D eigenvalue weighted by Gasteiger charge is -2.25. The van der Waals surface area contributed by atoms with E-state index in [-0.39, 0.29) is 24.8 Å². The Morgan fingerprint density at radius 3 is 2.24 bits per heavy atom. The highest BCUT2D eigenvalue weighted by molar-refractivity contribution is 5.94. The minimum Gasteiger partial charge on any atom is -0.480 e. The third-order valence-corrected chi connectivity index (χ3v) is 4.49. The maximum absolute atomic E-state index is 12.4. The number of aliphatic hydroxyl groups excluding tert-OH is 1. The second-order valence-corrected chi connectivity index (χ2v) is 7.01. The average molecular weight is 415 g/mol. The normalized spacial score (nSPS) is 20.0. The summed E-state index contributed by atoms with van der Waals surface area (Å²) >= 11 is 0. The fraction of sp³-hybridized carbons (Fsp3) is 0.706. The Hall–Kier alpha value is -2.73. The summed E-state index contributed by atoms with van der Waals surface area (Å²) in [5, 5.41) is 29.0. The minimum absolute atomic E-state index is 0.238. The SMILES string of the molecule is CC(NC(=O)C1CCCN1)C(=O)NC(C(=O)NC(CCC(N)=O)C(=O)O)C(C)O. The Morgan fingerprint density at radius 1 is 1.10 bits per heavy atom. The van der Waals surface area contributed by atoms with Gasteiger partial charge in [0.05, 0.1) is 12.1 Å². The third kappa shape index (κ3) is 8.03. The molecule has 1 saturated heterocycles. The zero-order valence-corrected chi connectivity index (χ0v) is 16.4. The summed E-state index contributed by atoms with van der Waals surface area (Å²) in [5.41, 5.74) is 4.98. The van der Waals surface area contributed by atoms with Crippen LogP contribution in [0.3, 0.4) is 0 Å². The molecule has 29 heavy (non-hydrogen) atoms. The molecule has 0 bridgehead atoms. The van der Waals surface area contributed by atoms with E-state index >= 15 is 0 Å². The van der Waals surface area contributed by atoms with Crippen molar-refractivity contribution in [3.05, 3.63) is 0 Å². The first kappa shape index (κ1) is 24.3. The summed E-state index contributed by atoms with van der Waals surface area (Å²) in [6, 6.07) is -4.24. The smallest absolute Gasteiger partial charge is 0.326 e. The first-order valence-electron chi connectivity index (χ1n) is 9.36. The van der Waals surface area contributed by atoms with Gasteiger partial charge in [0, 0.05) is 6.42 Å². The fourth-order valence-electron chi connectivity index (χ4n) is 2.78. The molecule has 5 unspecified atom stereocenters. The first-order chi connectivity index (χ1) is 13.5. The highest BCUT2D eigenvalue weighted by Gasteiger charge is 2.32. The van der Waals surface area contributed by atoms with Crippen LogP contribution in [-0.4, -0.2) is 76.6 Å². The molecule has 4 amide bonds. The number of aliphatic carboxylic acids is 1. The third-order valence-electron chi connectivity index (χ3n) is 4.49. The van der Waals surface area contributed by atoms with E-state index in [4.69, 9.17) is 10.8 Å². The van der Waals surface area contributed by atoms with Crippen LogP contribution in [0.15, 0.2) is 0 Å². The van der Waals surface area contributed by atoms with Gasteiger partial charge in [0.15, 0.2) is 0 Å². The number of hydrogen-bond acceptors (Lipinski definition) is 7. The van der Waals surface area contributed by atoms with E-state index in [1.807, 2.05) is 0 Å². The molecule has 1 rings (SSSR count). The number of amides is 4. The molecule has 0 spiro atoms. The summed E-state index contributed by atoms with van der Waals surface area (Å²) in [5.74, 6) is -4.13. The number of hydrogen-bond donors (Lipinski definition) is 7. The van der Waals surface area contributed by atoms with Crippen molar-refractivity contribution >= 4 is 29.6 Å². The molecule has 164 valence electrons. The predicted octanol–water partition coefficient (Wildman–Crippen LogP) is -3.06. The number of rotatable bonds is 11. The van der Waals surface area contributed by atoms with Crippen molar-refractivity contribution in [3.63, 3.8) is 0 Å². The van der Waals surface area contributed by atoms with Crippen LogP contribution in [0.1, 0.15) is 39.5 Å². The summed E-state index contributed by atoms with van der Waals surface area (Å²) in [6.45, 7) is 3.38. The van der Waals surface area contributed by atoms with Crippen molar-refractivity contribution in [2.24, 2.45) is 5.73 Å². The lowest BCUT2D eigenvalue weighted by atomic mass is 10.1. The van der Waals surface area contributed by atoms with Crippen LogP contribution in [0.25, 0.3) is 0 Å². The number of aliphatic hydroxyl groups is 1. The van der Waals surface area contributed by atoms with Gasteiger partial charge in [0.1, 0.15) is 18.1 Å². The molecule has 5 atom stereocenters. The number of carbonyl (C=O) groups excluding carboxylic acids is 4. The van der Waals surface area contributed by atoms with Crippen molar-refractivity contribution in [1.82, 2.24) is 21.3 Å². The highest BCUT2D eigenvalue weighted by Crippen LogP contribution is 2.05. The van der Waals surface area contributed by atoms with Crippen LogP contribution in [0.4, 0.5) is 0 Å². The molecule has 12 nitrogen and oxygen atoms in total. The van der Waals surface area contributed by atoms with E-state index in [1.54, 1.807) is 0 Å². The lowest BCUT2D eigenvalue weighted by molar-refractivity contribution is -0.143. The van der Waals surface area contributed by atoms with Crippen LogP contribution in [-0.2, 0) is 24.0 Å². The fourth-order valence-corrected chi connectivity index (χ4v) is 2.78. The summed E-state index contributed by atoms with van der Waals surface area (Å²) in [4.78, 5) is 58.9. The summed E-state index contributed by atoms with van der Waals surface area (Å²) in [6.07, 6.45) is -0.340. The highest BCUT2D eigenvalue weighted by atomic mass is 16.4. The molecular weight excluding hydrogens is 386 g/mol. The van der Waals surface area contributed by atoms with Gasteiger partial charge in [-0.3, -0.25) is 19.2 Å². The molecule has 0 aromatic heterocycles. The van der Waals surface area contributed by atoms with E-state index in [0.717, 1.165) is 6.42 Å². The van der Waals surface area contributed by atoms with Crippen LogP contribution < -0.4 is 27.0 Å². The van der Waals surface area contributed by atoms with Crippen molar-refractivity contribution in [2.75, 3.05) is 6.54 Å². The van der Waals surface area contributed by atoms with Gasteiger partial charge in [0.2, 0.25) is 23.6 Å². The van der Waals surface area contributed by atoms with Crippen LogP contribution in [0.2, 0.25) is 0 Å². The lowest BCUT2D eigenvalue weighted by Crippen LogP contribution is -2.59. The van der Waals surface area contributed by atoms with Crippen molar-refractivity contribution in [2.45, 2.75) is 69.8 Å². The van der Waals surface area contributed by atoms with Gasteiger partial charge in [-0.15, -0.1) is 0 Å². The molecule has 0 aromatic carbocycles. The minimum atomic E-state index is -1.46. The van der Waals surface area contributed by atoms with Crippen molar-refractivity contribution in [1.29, 1.82) is 0 Å². The Bertz CT molecular complexity index is 634. The Morgan fingerprint density at radius 2 is 1.76 bits per heavy atom. The van der Waals surface area contributed by atoms with Gasteiger partial charge in [-0.05, 0) is 39.7 Å². The molecule has 1 fully saturated rings. The number of nitrogens with two attached hydrogens (primary N) is 1. The predicted molar refractivity (Wildman–Crippen MR) is 100 cm³/mol. The number of primary amides is 1. The van der Waals surface area contributed by atoms with Gasteiger partial charge in [-0.2, -0.15) is 0 Å². The zero-order chi connectivity index (χ0) is 22.1. The number of carboxylic acid groups (broad SMARTS) is 1. The quantitative estimate of drug-likeness (QED) is 0.184. The molecule has 12 heteroatoms. The standard InChI is InChI=1S/C17H29N5O7/c1-8(20-15(26)10-4-3-7-19-10)14(25)22-13(9(2)23)16(27)21-11(17(28)29)5-6-12(18)24/h8-11,13,19,23H,3-7H2,1-2H3,(H2,18,24)(H,20,26)(H,21,27)(H,22,25)(H,28,29). The van der Waals surface area contributed by atoms with Crippen LogP contribution in [0.5, 0.6) is 0 Å². The molecular formula is C17H29N5O7. The van der Waals surface area contributed by atoms with E-state index in [2.05, 4.69) is 21.3 Å². The second kappa shape index (κ2) is 11.3. The topological polar surface area (TPSA) is 200 Å². The molecule has 0 aliphatic carbocycles. The number of nitrogens with one attached hydrogen (secondary N) is 4. The molecule has 1 heterocycles.